The number of carbonyl (C=O) groups excluding carboxylic acids is 3. The summed E-state index contributed by atoms with van der Waals surface area (Å²) in [4.78, 5) is 60.0. The number of carboxylic acids is 1. The fourth-order valence-corrected chi connectivity index (χ4v) is 3.58. The predicted molar refractivity (Wildman–Crippen MR) is 133 cm³/mol. The van der Waals surface area contributed by atoms with Crippen LogP contribution in [0.5, 0.6) is 11.5 Å². The maximum atomic E-state index is 13.1. The van der Waals surface area contributed by atoms with Crippen LogP contribution < -0.4 is 19.7 Å². The Hall–Kier alpha value is -5.52. The van der Waals surface area contributed by atoms with Gasteiger partial charge in [-0.05, 0) is 65.7 Å². The number of carboxylic acid groups (broad SMARTS) is 1. The molecule has 1 heterocycles. The summed E-state index contributed by atoms with van der Waals surface area (Å²) < 4.78 is 11.1. The van der Waals surface area contributed by atoms with Gasteiger partial charge in [-0.3, -0.25) is 25.0 Å². The Labute approximate surface area is 214 Å². The molecule has 1 aliphatic rings. The molecule has 0 aromatic heterocycles. The summed E-state index contributed by atoms with van der Waals surface area (Å²) in [7, 11) is 1.41. The first-order valence-corrected chi connectivity index (χ1v) is 11.0. The molecule has 4 amide bonds. The summed E-state index contributed by atoms with van der Waals surface area (Å²) in [5, 5.41) is 22.0. The van der Waals surface area contributed by atoms with Crippen LogP contribution >= 0.6 is 0 Å². The van der Waals surface area contributed by atoms with Crippen LogP contribution in [0.4, 0.5) is 16.2 Å². The van der Waals surface area contributed by atoms with Crippen molar-refractivity contribution in [3.63, 3.8) is 0 Å². The topological polar surface area (TPSA) is 165 Å². The number of nitro groups is 1. The molecule has 38 heavy (non-hydrogen) atoms. The van der Waals surface area contributed by atoms with E-state index in [0.29, 0.717) is 22.6 Å². The van der Waals surface area contributed by atoms with E-state index in [9.17, 15) is 29.3 Å². The van der Waals surface area contributed by atoms with Crippen molar-refractivity contribution in [2.45, 2.75) is 6.61 Å². The van der Waals surface area contributed by atoms with E-state index < -0.39 is 28.7 Å². The smallest absolute Gasteiger partial charge is 0.335 e. The Morgan fingerprint density at radius 3 is 2.32 bits per heavy atom. The number of amides is 4. The number of nitro benzene ring substituents is 1. The van der Waals surface area contributed by atoms with Crippen molar-refractivity contribution < 1.29 is 38.7 Å². The van der Waals surface area contributed by atoms with Crippen molar-refractivity contribution in [3.8, 4) is 11.5 Å². The number of hydrogen-bond donors (Lipinski definition) is 2. The monoisotopic (exact) mass is 517 g/mol. The van der Waals surface area contributed by atoms with Crippen LogP contribution in [0.3, 0.4) is 0 Å². The van der Waals surface area contributed by atoms with E-state index in [0.717, 1.165) is 4.90 Å². The van der Waals surface area contributed by atoms with Gasteiger partial charge in [0.1, 0.15) is 12.2 Å². The van der Waals surface area contributed by atoms with Gasteiger partial charge in [-0.2, -0.15) is 0 Å². The van der Waals surface area contributed by atoms with Crippen molar-refractivity contribution in [3.05, 3.63) is 99.1 Å². The normalized spacial score (nSPS) is 14.3. The van der Waals surface area contributed by atoms with Crippen LogP contribution in [0, 0.1) is 10.1 Å². The van der Waals surface area contributed by atoms with Crippen molar-refractivity contribution in [1.29, 1.82) is 0 Å². The van der Waals surface area contributed by atoms with E-state index in [1.165, 1.54) is 55.7 Å². The highest BCUT2D eigenvalue weighted by Crippen LogP contribution is 2.31. The molecule has 0 aliphatic carbocycles. The maximum absolute atomic E-state index is 13.1. The number of carbonyl (C=O) groups is 4. The van der Waals surface area contributed by atoms with Gasteiger partial charge in [0.25, 0.3) is 17.5 Å². The molecule has 4 rings (SSSR count). The number of imide groups is 2. The number of aromatic carboxylic acids is 1. The van der Waals surface area contributed by atoms with Crippen LogP contribution in [0.15, 0.2) is 72.3 Å². The highest BCUT2D eigenvalue weighted by molar-refractivity contribution is 6.39. The van der Waals surface area contributed by atoms with Gasteiger partial charge in [-0.15, -0.1) is 0 Å². The Kier molecular flexibility index (Phi) is 7.15. The number of urea groups is 1. The molecule has 0 atom stereocenters. The molecule has 3 aromatic carbocycles. The number of nitrogens with one attached hydrogen (secondary N) is 1. The third kappa shape index (κ3) is 5.33. The average Bonchev–Trinajstić information content (AvgIpc) is 2.90. The van der Waals surface area contributed by atoms with Gasteiger partial charge in [-0.25, -0.2) is 14.5 Å². The maximum Gasteiger partial charge on any atom is 0.335 e. The van der Waals surface area contributed by atoms with E-state index in [2.05, 4.69) is 5.32 Å². The van der Waals surface area contributed by atoms with E-state index in [-0.39, 0.29) is 29.1 Å². The quantitative estimate of drug-likeness (QED) is 0.197. The lowest BCUT2D eigenvalue weighted by Crippen LogP contribution is -2.54. The van der Waals surface area contributed by atoms with Crippen LogP contribution in [0.2, 0.25) is 0 Å². The fraction of sp³-hybridized carbons (Fsp3) is 0.0769. The number of anilines is 1. The summed E-state index contributed by atoms with van der Waals surface area (Å²) in [6.07, 6.45) is 1.28. The molecular weight excluding hydrogens is 498 g/mol. The molecule has 1 aliphatic heterocycles. The molecule has 2 N–H and O–H groups in total. The molecule has 1 saturated heterocycles. The summed E-state index contributed by atoms with van der Waals surface area (Å²) in [5.74, 6) is -2.31. The molecule has 0 saturated carbocycles. The Morgan fingerprint density at radius 1 is 1.03 bits per heavy atom. The van der Waals surface area contributed by atoms with E-state index in [1.807, 2.05) is 0 Å². The zero-order valence-electron chi connectivity index (χ0n) is 19.7. The summed E-state index contributed by atoms with van der Waals surface area (Å²) in [6.45, 7) is 0.105. The minimum Gasteiger partial charge on any atom is -0.493 e. The number of non-ortho nitro benzene ring substituents is 1. The van der Waals surface area contributed by atoms with Crippen LogP contribution in [0.1, 0.15) is 21.5 Å². The first-order chi connectivity index (χ1) is 18.2. The lowest BCUT2D eigenvalue weighted by atomic mass is 10.1. The molecule has 12 nitrogen and oxygen atoms in total. The second-order valence-corrected chi connectivity index (χ2v) is 7.93. The molecule has 0 bridgehead atoms. The second-order valence-electron chi connectivity index (χ2n) is 7.93. The SMILES string of the molecule is COc1cc(/C=C2\C(=O)NC(=O)N(c3ccc(C(=O)O)cc3)C2=O)ccc1OCc1ccc([N+](=O)[O-])cc1. The van der Waals surface area contributed by atoms with Crippen molar-refractivity contribution in [2.75, 3.05) is 12.0 Å². The lowest BCUT2D eigenvalue weighted by Gasteiger charge is -2.26. The number of barbiturate groups is 1. The number of hydrogen-bond acceptors (Lipinski definition) is 8. The molecule has 0 unspecified atom stereocenters. The van der Waals surface area contributed by atoms with E-state index >= 15 is 0 Å². The highest BCUT2D eigenvalue weighted by Gasteiger charge is 2.36. The Bertz CT molecular complexity index is 1480. The zero-order chi connectivity index (χ0) is 27.4. The number of benzene rings is 3. The van der Waals surface area contributed by atoms with Gasteiger partial charge in [-0.1, -0.05) is 6.07 Å². The standard InChI is InChI=1S/C26H19N3O9/c1-37-22-13-16(4-11-21(22)38-14-15-2-7-19(8-3-15)29(35)36)12-20-23(30)27-26(34)28(24(20)31)18-9-5-17(6-10-18)25(32)33/h2-13H,14H2,1H3,(H,32,33)(H,27,30,34)/b20-12+. The first-order valence-electron chi connectivity index (χ1n) is 11.0. The van der Waals surface area contributed by atoms with Crippen molar-refractivity contribution >= 4 is 41.3 Å². The largest absolute Gasteiger partial charge is 0.493 e. The van der Waals surface area contributed by atoms with Gasteiger partial charge in [0.15, 0.2) is 11.5 Å². The molecular formula is C26H19N3O9. The molecule has 1 fully saturated rings. The number of methoxy groups -OCH3 is 1. The van der Waals surface area contributed by atoms with Gasteiger partial charge >= 0.3 is 12.0 Å². The van der Waals surface area contributed by atoms with E-state index in [1.54, 1.807) is 24.3 Å². The van der Waals surface area contributed by atoms with Gasteiger partial charge in [0.2, 0.25) is 0 Å². The van der Waals surface area contributed by atoms with E-state index in [4.69, 9.17) is 14.6 Å². The van der Waals surface area contributed by atoms with Gasteiger partial charge in [0, 0.05) is 12.1 Å². The van der Waals surface area contributed by atoms with Gasteiger partial charge in [0.05, 0.1) is 23.3 Å². The number of ether oxygens (including phenoxy) is 2. The summed E-state index contributed by atoms with van der Waals surface area (Å²) >= 11 is 0. The Balaban J connectivity index is 1.55. The molecule has 0 spiro atoms. The fourth-order valence-electron chi connectivity index (χ4n) is 3.58. The summed E-state index contributed by atoms with van der Waals surface area (Å²) in [6, 6.07) is 14.6. The second kappa shape index (κ2) is 10.6. The zero-order valence-corrected chi connectivity index (χ0v) is 19.7. The van der Waals surface area contributed by atoms with Gasteiger partial charge < -0.3 is 14.6 Å². The predicted octanol–water partition coefficient (Wildman–Crippen LogP) is 3.55. The average molecular weight is 517 g/mol. The summed E-state index contributed by atoms with van der Waals surface area (Å²) in [5.41, 5.74) is 0.779. The number of rotatable bonds is 8. The van der Waals surface area contributed by atoms with Crippen LogP contribution in [-0.4, -0.2) is 41.0 Å². The minimum absolute atomic E-state index is 0.0339. The number of nitrogens with zero attached hydrogens (tertiary/aromatic N) is 2. The lowest BCUT2D eigenvalue weighted by molar-refractivity contribution is -0.384. The first kappa shape index (κ1) is 25.6. The highest BCUT2D eigenvalue weighted by atomic mass is 16.6. The molecule has 3 aromatic rings. The third-order valence-corrected chi connectivity index (χ3v) is 5.51. The molecule has 0 radical (unpaired) electrons. The van der Waals surface area contributed by atoms with Crippen molar-refractivity contribution in [2.24, 2.45) is 0 Å². The third-order valence-electron chi connectivity index (χ3n) is 5.51. The van der Waals surface area contributed by atoms with Crippen LogP contribution in [-0.2, 0) is 16.2 Å². The minimum atomic E-state index is -1.17. The van der Waals surface area contributed by atoms with Crippen molar-refractivity contribution in [1.82, 2.24) is 5.32 Å². The molecule has 192 valence electrons. The Morgan fingerprint density at radius 2 is 1.71 bits per heavy atom. The van der Waals surface area contributed by atoms with Crippen LogP contribution in [0.25, 0.3) is 6.08 Å². The molecule has 12 heteroatoms.